The summed E-state index contributed by atoms with van der Waals surface area (Å²) in [4.78, 5) is 2.01. The van der Waals surface area contributed by atoms with Crippen LogP contribution < -0.4 is 14.9 Å². The van der Waals surface area contributed by atoms with Crippen LogP contribution in [0.2, 0.25) is 0 Å². The molecule has 31 heavy (non-hydrogen) atoms. The van der Waals surface area contributed by atoms with E-state index in [0.717, 1.165) is 66.9 Å². The Balaban J connectivity index is 0.00000272. The van der Waals surface area contributed by atoms with Crippen LogP contribution in [0.1, 0.15) is 5.56 Å². The van der Waals surface area contributed by atoms with Crippen LogP contribution in [0.5, 0.6) is 0 Å². The van der Waals surface area contributed by atoms with Crippen molar-refractivity contribution in [2.45, 2.75) is 11.1 Å². The molecule has 0 amide bonds. The lowest BCUT2D eigenvalue weighted by Gasteiger charge is -2.30. The Morgan fingerprint density at radius 1 is 0.871 bits per heavy atom. The minimum absolute atomic E-state index is 0. The van der Waals surface area contributed by atoms with Gasteiger partial charge >= 0.3 is 6.18 Å². The van der Waals surface area contributed by atoms with Gasteiger partial charge in [0.25, 0.3) is 10.0 Å². The van der Waals surface area contributed by atoms with Crippen LogP contribution >= 0.6 is 12.4 Å². The van der Waals surface area contributed by atoms with E-state index in [0.29, 0.717) is 5.69 Å². The lowest BCUT2D eigenvalue weighted by atomic mass is 10.1. The number of halogens is 4. The number of sulfonamides is 1. The van der Waals surface area contributed by atoms with Crippen LogP contribution in [0.25, 0.3) is 10.8 Å². The van der Waals surface area contributed by atoms with Gasteiger partial charge in [-0.25, -0.2) is 8.42 Å². The van der Waals surface area contributed by atoms with Crippen LogP contribution in [0.4, 0.5) is 24.5 Å². The maximum Gasteiger partial charge on any atom is 0.416 e. The second-order valence-corrected chi connectivity index (χ2v) is 8.72. The molecular weight excluding hydrogens is 451 g/mol. The lowest BCUT2D eigenvalue weighted by molar-refractivity contribution is -0.137. The van der Waals surface area contributed by atoms with Crippen molar-refractivity contribution in [1.29, 1.82) is 0 Å². The average Bonchev–Trinajstić information content (AvgIpc) is 2.74. The summed E-state index contributed by atoms with van der Waals surface area (Å²) in [6.45, 7) is 3.44. The molecule has 0 spiro atoms. The molecule has 166 valence electrons. The number of hydrogen-bond acceptors (Lipinski definition) is 4. The largest absolute Gasteiger partial charge is 0.416 e. The van der Waals surface area contributed by atoms with Gasteiger partial charge in [-0.1, -0.05) is 24.3 Å². The Morgan fingerprint density at radius 2 is 1.48 bits per heavy atom. The Labute approximate surface area is 184 Å². The van der Waals surface area contributed by atoms with Crippen molar-refractivity contribution in [2.24, 2.45) is 0 Å². The SMILES string of the molecule is Cl.O=S(=O)(Nc1ccc(N2CCNCC2)c2ccccc12)c1ccc(C(F)(F)F)cc1. The van der Waals surface area contributed by atoms with Crippen LogP contribution in [0, 0.1) is 0 Å². The Hall–Kier alpha value is -2.49. The normalized spacial score (nSPS) is 14.9. The second-order valence-electron chi connectivity index (χ2n) is 7.04. The summed E-state index contributed by atoms with van der Waals surface area (Å²) in [5.41, 5.74) is 0.501. The minimum atomic E-state index is -4.52. The van der Waals surface area contributed by atoms with E-state index >= 15 is 0 Å². The molecule has 5 nitrogen and oxygen atoms in total. The zero-order chi connectivity index (χ0) is 21.4. The highest BCUT2D eigenvalue weighted by atomic mass is 35.5. The van der Waals surface area contributed by atoms with E-state index in [9.17, 15) is 21.6 Å². The van der Waals surface area contributed by atoms with Crippen LogP contribution in [0.15, 0.2) is 65.6 Å². The molecule has 2 N–H and O–H groups in total. The first-order valence-electron chi connectivity index (χ1n) is 9.43. The van der Waals surface area contributed by atoms with Crippen molar-refractivity contribution in [3.8, 4) is 0 Å². The molecule has 0 saturated carbocycles. The van der Waals surface area contributed by atoms with Gasteiger partial charge in [0.05, 0.1) is 16.1 Å². The molecule has 0 bridgehead atoms. The fourth-order valence-corrected chi connectivity index (χ4v) is 4.66. The quantitative estimate of drug-likeness (QED) is 0.588. The van der Waals surface area contributed by atoms with Gasteiger partial charge < -0.3 is 10.2 Å². The molecular formula is C21H21ClF3N3O2S. The standard InChI is InChI=1S/C21H20F3N3O2S.ClH/c22-21(23,24)15-5-7-16(8-6-15)30(28,29)26-19-9-10-20(27-13-11-25-12-14-27)18-4-2-1-3-17(18)19;/h1-10,25-26H,11-14H2;1H. The van der Waals surface area contributed by atoms with Crippen LogP contribution in [-0.4, -0.2) is 34.6 Å². The summed E-state index contributed by atoms with van der Waals surface area (Å²) in [6.07, 6.45) is -4.52. The summed E-state index contributed by atoms with van der Waals surface area (Å²) < 4.78 is 66.4. The number of piperazine rings is 1. The molecule has 0 aromatic heterocycles. The number of fused-ring (bicyclic) bond motifs is 1. The molecule has 0 unspecified atom stereocenters. The fraction of sp³-hybridized carbons (Fsp3) is 0.238. The molecule has 4 rings (SSSR count). The predicted molar refractivity (Wildman–Crippen MR) is 119 cm³/mol. The molecule has 0 radical (unpaired) electrons. The van der Waals surface area contributed by atoms with Gasteiger partial charge in [0.1, 0.15) is 0 Å². The van der Waals surface area contributed by atoms with Crippen molar-refractivity contribution in [3.63, 3.8) is 0 Å². The van der Waals surface area contributed by atoms with Crippen molar-refractivity contribution >= 4 is 44.6 Å². The number of hydrogen-bond donors (Lipinski definition) is 2. The summed E-state index contributed by atoms with van der Waals surface area (Å²) in [5, 5.41) is 4.94. The number of anilines is 2. The fourth-order valence-electron chi connectivity index (χ4n) is 3.58. The third kappa shape index (κ3) is 4.89. The Bertz CT molecular complexity index is 1160. The van der Waals surface area contributed by atoms with Crippen molar-refractivity contribution < 1.29 is 21.6 Å². The maximum atomic E-state index is 12.8. The van der Waals surface area contributed by atoms with E-state index in [-0.39, 0.29) is 17.3 Å². The highest BCUT2D eigenvalue weighted by Gasteiger charge is 2.30. The van der Waals surface area contributed by atoms with E-state index < -0.39 is 21.8 Å². The third-order valence-corrected chi connectivity index (χ3v) is 6.48. The predicted octanol–water partition coefficient (Wildman–Crippen LogP) is 4.49. The lowest BCUT2D eigenvalue weighted by Crippen LogP contribution is -2.43. The molecule has 10 heteroatoms. The van der Waals surface area contributed by atoms with Gasteiger partial charge in [-0.3, -0.25) is 4.72 Å². The smallest absolute Gasteiger partial charge is 0.368 e. The first-order chi connectivity index (χ1) is 14.3. The topological polar surface area (TPSA) is 61.4 Å². The molecule has 3 aromatic rings. The summed E-state index contributed by atoms with van der Waals surface area (Å²) >= 11 is 0. The summed E-state index contributed by atoms with van der Waals surface area (Å²) in [7, 11) is -4.05. The van der Waals surface area contributed by atoms with Crippen molar-refractivity contribution in [1.82, 2.24) is 5.32 Å². The second kappa shape index (κ2) is 8.94. The zero-order valence-corrected chi connectivity index (χ0v) is 17.9. The van der Waals surface area contributed by atoms with Gasteiger partial charge in [-0.15, -0.1) is 12.4 Å². The molecule has 0 aliphatic carbocycles. The maximum absolute atomic E-state index is 12.8. The summed E-state index contributed by atoms with van der Waals surface area (Å²) in [5.74, 6) is 0. The average molecular weight is 472 g/mol. The van der Waals surface area contributed by atoms with Crippen molar-refractivity contribution in [2.75, 3.05) is 35.8 Å². The molecule has 0 atom stereocenters. The molecule has 1 fully saturated rings. The van der Waals surface area contributed by atoms with Gasteiger partial charge in [0.15, 0.2) is 0 Å². The molecule has 1 saturated heterocycles. The van der Waals surface area contributed by atoms with Gasteiger partial charge in [0.2, 0.25) is 0 Å². The van der Waals surface area contributed by atoms with Crippen molar-refractivity contribution in [3.05, 3.63) is 66.2 Å². The highest BCUT2D eigenvalue weighted by molar-refractivity contribution is 7.92. The first-order valence-corrected chi connectivity index (χ1v) is 10.9. The number of rotatable bonds is 4. The monoisotopic (exact) mass is 471 g/mol. The number of alkyl halides is 3. The summed E-state index contributed by atoms with van der Waals surface area (Å²) in [6, 6.07) is 14.5. The zero-order valence-electron chi connectivity index (χ0n) is 16.3. The van der Waals surface area contributed by atoms with Crippen LogP contribution in [-0.2, 0) is 16.2 Å². The Morgan fingerprint density at radius 3 is 2.10 bits per heavy atom. The molecule has 1 aliphatic heterocycles. The number of nitrogens with one attached hydrogen (secondary N) is 2. The molecule has 1 heterocycles. The minimum Gasteiger partial charge on any atom is -0.368 e. The van der Waals surface area contributed by atoms with E-state index in [1.807, 2.05) is 30.3 Å². The Kier molecular flexibility index (Phi) is 6.68. The van der Waals surface area contributed by atoms with Gasteiger partial charge in [-0.2, -0.15) is 13.2 Å². The van der Waals surface area contributed by atoms with E-state index in [2.05, 4.69) is 14.9 Å². The van der Waals surface area contributed by atoms with E-state index in [4.69, 9.17) is 0 Å². The van der Waals surface area contributed by atoms with E-state index in [1.54, 1.807) is 6.07 Å². The van der Waals surface area contributed by atoms with Gasteiger partial charge in [0, 0.05) is 42.6 Å². The third-order valence-electron chi connectivity index (χ3n) is 5.10. The highest BCUT2D eigenvalue weighted by Crippen LogP contribution is 2.34. The first kappa shape index (κ1) is 23.2. The van der Waals surface area contributed by atoms with Gasteiger partial charge in [-0.05, 0) is 36.4 Å². The number of nitrogens with zero attached hydrogens (tertiary/aromatic N) is 1. The van der Waals surface area contributed by atoms with E-state index in [1.165, 1.54) is 0 Å². The number of benzene rings is 3. The molecule has 3 aromatic carbocycles. The molecule has 1 aliphatic rings. The van der Waals surface area contributed by atoms with Crippen LogP contribution in [0.3, 0.4) is 0 Å².